The Balaban J connectivity index is 1.39. The Labute approximate surface area is 213 Å². The number of hydrogen-bond donors (Lipinski definition) is 2. The van der Waals surface area contributed by atoms with Gasteiger partial charge in [-0.2, -0.15) is 0 Å². The van der Waals surface area contributed by atoms with Crippen molar-refractivity contribution in [2.24, 2.45) is 0 Å². The van der Waals surface area contributed by atoms with Crippen LogP contribution in [0.25, 0.3) is 10.9 Å². The molecular formula is C25H27ClN4O4S. The lowest BCUT2D eigenvalue weighted by atomic mass is 10.1. The molecule has 0 spiro atoms. The maximum absolute atomic E-state index is 13.0. The summed E-state index contributed by atoms with van der Waals surface area (Å²) in [6.45, 7) is 6.05. The van der Waals surface area contributed by atoms with E-state index in [9.17, 15) is 4.79 Å². The fourth-order valence-corrected chi connectivity index (χ4v) is 4.68. The van der Waals surface area contributed by atoms with Gasteiger partial charge >= 0.3 is 0 Å². The van der Waals surface area contributed by atoms with Crippen LogP contribution in [0.3, 0.4) is 0 Å². The highest BCUT2D eigenvalue weighted by Crippen LogP contribution is 2.33. The zero-order valence-corrected chi connectivity index (χ0v) is 20.8. The van der Waals surface area contributed by atoms with Crippen LogP contribution >= 0.6 is 23.8 Å². The third-order valence-electron chi connectivity index (χ3n) is 6.10. The number of fused-ring (bicyclic) bond motifs is 2. The van der Waals surface area contributed by atoms with Gasteiger partial charge in [0, 0.05) is 53.9 Å². The minimum Gasteiger partial charge on any atom is -0.486 e. The Hall–Kier alpha value is -2.85. The van der Waals surface area contributed by atoms with E-state index < -0.39 is 0 Å². The van der Waals surface area contributed by atoms with E-state index in [2.05, 4.69) is 15.2 Å². The normalized spacial score (nSPS) is 15.7. The van der Waals surface area contributed by atoms with Gasteiger partial charge in [0.2, 0.25) is 0 Å². The number of aromatic amines is 1. The van der Waals surface area contributed by atoms with E-state index in [0.29, 0.717) is 59.0 Å². The first kappa shape index (κ1) is 23.9. The predicted molar refractivity (Wildman–Crippen MR) is 141 cm³/mol. The zero-order valence-electron chi connectivity index (χ0n) is 19.2. The van der Waals surface area contributed by atoms with Gasteiger partial charge in [0.25, 0.3) is 5.56 Å². The number of pyridine rings is 1. The molecule has 5 rings (SSSR count). The second-order valence-corrected chi connectivity index (χ2v) is 9.35. The number of anilines is 1. The lowest BCUT2D eigenvalue weighted by Gasteiger charge is -2.31. The molecule has 0 atom stereocenters. The average Bonchev–Trinajstić information content (AvgIpc) is 2.86. The molecule has 2 aliphatic heterocycles. The number of nitrogens with one attached hydrogen (secondary N) is 2. The molecule has 2 aromatic carbocycles. The van der Waals surface area contributed by atoms with Crippen LogP contribution in [0, 0.1) is 0 Å². The number of halogens is 1. The molecule has 1 saturated heterocycles. The number of thiocarbonyl (C=S) groups is 1. The van der Waals surface area contributed by atoms with Gasteiger partial charge in [-0.3, -0.25) is 9.69 Å². The van der Waals surface area contributed by atoms with E-state index in [1.54, 1.807) is 0 Å². The number of aromatic nitrogens is 1. The first-order valence-electron chi connectivity index (χ1n) is 11.6. The highest BCUT2D eigenvalue weighted by molar-refractivity contribution is 7.80. The molecule has 0 bridgehead atoms. The molecule has 1 aromatic heterocycles. The minimum atomic E-state index is -0.156. The van der Waals surface area contributed by atoms with Crippen molar-refractivity contribution in [1.82, 2.24) is 14.8 Å². The summed E-state index contributed by atoms with van der Waals surface area (Å²) < 4.78 is 16.8. The molecular weight excluding hydrogens is 488 g/mol. The van der Waals surface area contributed by atoms with Crippen molar-refractivity contribution in [1.29, 1.82) is 0 Å². The summed E-state index contributed by atoms with van der Waals surface area (Å²) in [4.78, 5) is 20.3. The molecule has 3 heterocycles. The standard InChI is InChI=1S/C25H27ClN4O4S/c26-19-2-1-3-20(14-19)27-25(35)30(5-4-29-6-8-32-9-7-29)16-18-12-17-13-22-23(34-11-10-33-22)15-21(17)28-24(18)31/h1-3,12-15H,4-11,16H2,(H,27,35)(H,28,31). The van der Waals surface area contributed by atoms with Crippen molar-refractivity contribution < 1.29 is 14.2 Å². The van der Waals surface area contributed by atoms with Crippen LogP contribution in [0.15, 0.2) is 47.3 Å². The SMILES string of the molecule is O=c1[nH]c2cc3c(cc2cc1CN(CCN1CCOCC1)C(=S)Nc1cccc(Cl)c1)OCCO3. The number of rotatable bonds is 6. The summed E-state index contributed by atoms with van der Waals surface area (Å²) in [7, 11) is 0. The number of morpholine rings is 1. The van der Waals surface area contributed by atoms with E-state index in [-0.39, 0.29) is 5.56 Å². The van der Waals surface area contributed by atoms with E-state index >= 15 is 0 Å². The molecule has 184 valence electrons. The van der Waals surface area contributed by atoms with Crippen molar-refractivity contribution in [3.8, 4) is 11.5 Å². The molecule has 35 heavy (non-hydrogen) atoms. The summed E-state index contributed by atoms with van der Waals surface area (Å²) in [6.07, 6.45) is 0. The van der Waals surface area contributed by atoms with Gasteiger partial charge in [0.1, 0.15) is 13.2 Å². The second kappa shape index (κ2) is 10.8. The highest BCUT2D eigenvalue weighted by atomic mass is 35.5. The largest absolute Gasteiger partial charge is 0.486 e. The highest BCUT2D eigenvalue weighted by Gasteiger charge is 2.18. The van der Waals surface area contributed by atoms with Gasteiger partial charge in [-0.15, -0.1) is 0 Å². The summed E-state index contributed by atoms with van der Waals surface area (Å²) in [5, 5.41) is 5.30. The Kier molecular flexibility index (Phi) is 7.38. The van der Waals surface area contributed by atoms with E-state index in [1.807, 2.05) is 47.4 Å². The van der Waals surface area contributed by atoms with Crippen LogP contribution in [0.4, 0.5) is 5.69 Å². The van der Waals surface area contributed by atoms with Gasteiger partial charge in [-0.05, 0) is 42.5 Å². The van der Waals surface area contributed by atoms with Gasteiger partial charge in [-0.1, -0.05) is 17.7 Å². The Morgan fingerprint density at radius 3 is 2.63 bits per heavy atom. The van der Waals surface area contributed by atoms with Gasteiger partial charge in [0.15, 0.2) is 16.6 Å². The third kappa shape index (κ3) is 5.87. The molecule has 0 amide bonds. The van der Waals surface area contributed by atoms with Crippen LogP contribution in [0.2, 0.25) is 5.02 Å². The fourth-order valence-electron chi connectivity index (χ4n) is 4.22. The molecule has 0 unspecified atom stereocenters. The molecule has 0 radical (unpaired) electrons. The van der Waals surface area contributed by atoms with Gasteiger partial charge in [0.05, 0.1) is 25.3 Å². The van der Waals surface area contributed by atoms with Crippen LogP contribution in [-0.4, -0.2) is 72.5 Å². The smallest absolute Gasteiger partial charge is 0.253 e. The monoisotopic (exact) mass is 514 g/mol. The van der Waals surface area contributed by atoms with Crippen LogP contribution in [-0.2, 0) is 11.3 Å². The van der Waals surface area contributed by atoms with Crippen molar-refractivity contribution in [3.05, 3.63) is 63.4 Å². The first-order valence-corrected chi connectivity index (χ1v) is 12.4. The summed E-state index contributed by atoms with van der Waals surface area (Å²) in [5.41, 5.74) is 1.97. The Bertz CT molecular complexity index is 1280. The van der Waals surface area contributed by atoms with E-state index in [1.165, 1.54) is 0 Å². The summed E-state index contributed by atoms with van der Waals surface area (Å²) in [5.74, 6) is 1.33. The number of H-pyrrole nitrogens is 1. The lowest BCUT2D eigenvalue weighted by molar-refractivity contribution is 0.0358. The summed E-state index contributed by atoms with van der Waals surface area (Å²) >= 11 is 11.9. The first-order chi connectivity index (χ1) is 17.0. The number of benzene rings is 2. The lowest BCUT2D eigenvalue weighted by Crippen LogP contribution is -2.44. The third-order valence-corrected chi connectivity index (χ3v) is 6.69. The molecule has 0 aliphatic carbocycles. The van der Waals surface area contributed by atoms with Gasteiger partial charge < -0.3 is 29.4 Å². The molecule has 2 N–H and O–H groups in total. The average molecular weight is 515 g/mol. The van der Waals surface area contributed by atoms with Gasteiger partial charge in [-0.25, -0.2) is 0 Å². The minimum absolute atomic E-state index is 0.156. The van der Waals surface area contributed by atoms with Crippen molar-refractivity contribution in [2.75, 3.05) is 57.9 Å². The van der Waals surface area contributed by atoms with Crippen molar-refractivity contribution >= 4 is 45.5 Å². The maximum Gasteiger partial charge on any atom is 0.253 e. The molecule has 10 heteroatoms. The van der Waals surface area contributed by atoms with Crippen LogP contribution < -0.4 is 20.3 Å². The molecule has 8 nitrogen and oxygen atoms in total. The molecule has 0 saturated carbocycles. The number of hydrogen-bond acceptors (Lipinski definition) is 6. The Morgan fingerprint density at radius 1 is 1.09 bits per heavy atom. The molecule has 2 aliphatic rings. The second-order valence-electron chi connectivity index (χ2n) is 8.52. The topological polar surface area (TPSA) is 79.1 Å². The molecule has 1 fully saturated rings. The summed E-state index contributed by atoms with van der Waals surface area (Å²) in [6, 6.07) is 13.0. The predicted octanol–water partition coefficient (Wildman–Crippen LogP) is 3.48. The van der Waals surface area contributed by atoms with Crippen molar-refractivity contribution in [3.63, 3.8) is 0 Å². The number of ether oxygens (including phenoxy) is 3. The molecule has 3 aromatic rings. The van der Waals surface area contributed by atoms with E-state index in [0.717, 1.165) is 43.9 Å². The maximum atomic E-state index is 13.0. The van der Waals surface area contributed by atoms with Crippen LogP contribution in [0.5, 0.6) is 11.5 Å². The van der Waals surface area contributed by atoms with E-state index in [4.69, 9.17) is 38.0 Å². The van der Waals surface area contributed by atoms with Crippen molar-refractivity contribution in [2.45, 2.75) is 6.54 Å². The van der Waals surface area contributed by atoms with Crippen LogP contribution in [0.1, 0.15) is 5.56 Å². The fraction of sp³-hybridized carbons (Fsp3) is 0.360. The number of nitrogens with zero attached hydrogens (tertiary/aromatic N) is 2. The quantitative estimate of drug-likeness (QED) is 0.484. The Morgan fingerprint density at radius 2 is 1.86 bits per heavy atom. The zero-order chi connectivity index (χ0) is 24.2.